The Balaban J connectivity index is 1.28. The molecule has 0 unspecified atom stereocenters. The average molecular weight is 479 g/mol. The summed E-state index contributed by atoms with van der Waals surface area (Å²) in [5, 5.41) is 15.0. The third-order valence-electron chi connectivity index (χ3n) is 5.67. The topological polar surface area (TPSA) is 102 Å². The molecule has 0 fully saturated rings. The minimum Gasteiger partial charge on any atom is -0.280 e. The first kappa shape index (κ1) is 20.9. The first-order valence-electron chi connectivity index (χ1n) is 10.8. The van der Waals surface area contributed by atoms with Gasteiger partial charge in [0.05, 0.1) is 10.6 Å². The first-order chi connectivity index (χ1) is 17.1. The third-order valence-corrected chi connectivity index (χ3v) is 7.04. The Morgan fingerprint density at radius 3 is 2.29 bits per heavy atom. The van der Waals surface area contributed by atoms with E-state index in [2.05, 4.69) is 19.9 Å². The number of nitrogens with zero attached hydrogens (tertiary/aromatic N) is 5. The van der Waals surface area contributed by atoms with Gasteiger partial charge in [-0.05, 0) is 59.3 Å². The Bertz CT molecular complexity index is 1780. The van der Waals surface area contributed by atoms with Gasteiger partial charge in [0, 0.05) is 29.2 Å². The van der Waals surface area contributed by atoms with E-state index in [0.29, 0.717) is 22.9 Å². The molecule has 0 amide bonds. The van der Waals surface area contributed by atoms with E-state index >= 15 is 0 Å². The molecule has 0 aliphatic carbocycles. The van der Waals surface area contributed by atoms with Crippen LogP contribution in [0.25, 0.3) is 39.1 Å². The van der Waals surface area contributed by atoms with Crippen LogP contribution in [0.3, 0.4) is 0 Å². The molecule has 0 atom stereocenters. The molecule has 0 saturated heterocycles. The van der Waals surface area contributed by atoms with Gasteiger partial charge in [0.15, 0.2) is 11.5 Å². The molecular weight excluding hydrogens is 460 g/mol. The second kappa shape index (κ2) is 8.30. The first-order valence-corrected chi connectivity index (χ1v) is 12.3. The molecule has 6 aromatic rings. The van der Waals surface area contributed by atoms with E-state index in [-0.39, 0.29) is 4.90 Å². The van der Waals surface area contributed by atoms with Crippen molar-refractivity contribution in [3.05, 3.63) is 103 Å². The minimum atomic E-state index is -3.73. The van der Waals surface area contributed by atoms with Gasteiger partial charge in [0.25, 0.3) is 10.0 Å². The number of benzene rings is 3. The molecule has 0 bridgehead atoms. The highest BCUT2D eigenvalue weighted by Gasteiger charge is 2.15. The second-order valence-corrected chi connectivity index (χ2v) is 9.62. The van der Waals surface area contributed by atoms with Crippen molar-refractivity contribution in [2.24, 2.45) is 0 Å². The lowest BCUT2D eigenvalue weighted by atomic mass is 10.1. The highest BCUT2D eigenvalue weighted by molar-refractivity contribution is 7.92. The van der Waals surface area contributed by atoms with Gasteiger partial charge in [0.2, 0.25) is 0 Å². The number of aromatic nitrogens is 5. The van der Waals surface area contributed by atoms with Crippen molar-refractivity contribution >= 4 is 32.1 Å². The Morgan fingerprint density at radius 2 is 1.49 bits per heavy atom. The van der Waals surface area contributed by atoms with Gasteiger partial charge in [0.1, 0.15) is 0 Å². The van der Waals surface area contributed by atoms with Crippen molar-refractivity contribution in [2.75, 3.05) is 4.72 Å². The van der Waals surface area contributed by atoms with Gasteiger partial charge in [-0.1, -0.05) is 42.5 Å². The highest BCUT2D eigenvalue weighted by Crippen LogP contribution is 2.25. The Labute approximate surface area is 201 Å². The van der Waals surface area contributed by atoms with E-state index in [1.807, 2.05) is 60.7 Å². The quantitative estimate of drug-likeness (QED) is 0.382. The number of hydrogen-bond acceptors (Lipinski definition) is 6. The molecule has 1 N–H and O–H groups in total. The Morgan fingerprint density at radius 1 is 0.714 bits per heavy atom. The molecule has 3 heterocycles. The SMILES string of the molecule is O=S(=O)(Nc1ccc(-c2ccc3nnc(-c4ccncc4)n3n2)cc1)c1ccc2ccccc2c1. The summed E-state index contributed by atoms with van der Waals surface area (Å²) in [6.07, 6.45) is 3.38. The average Bonchev–Trinajstić information content (AvgIpc) is 3.32. The van der Waals surface area contributed by atoms with Crippen LogP contribution in [0.15, 0.2) is 108 Å². The number of nitrogens with one attached hydrogen (secondary N) is 1. The largest absolute Gasteiger partial charge is 0.280 e. The molecule has 9 heteroatoms. The normalized spacial score (nSPS) is 11.7. The van der Waals surface area contributed by atoms with E-state index in [1.165, 1.54) is 0 Å². The monoisotopic (exact) mass is 478 g/mol. The smallest absolute Gasteiger partial charge is 0.261 e. The maximum atomic E-state index is 12.9. The predicted octanol–water partition coefficient (Wildman–Crippen LogP) is 4.81. The lowest BCUT2D eigenvalue weighted by Crippen LogP contribution is -2.12. The molecule has 0 radical (unpaired) electrons. The second-order valence-electron chi connectivity index (χ2n) is 7.94. The fraction of sp³-hybridized carbons (Fsp3) is 0. The van der Waals surface area contributed by atoms with Crippen molar-refractivity contribution in [1.82, 2.24) is 24.8 Å². The minimum absolute atomic E-state index is 0.212. The van der Waals surface area contributed by atoms with Crippen LogP contribution in [0.4, 0.5) is 5.69 Å². The fourth-order valence-corrected chi connectivity index (χ4v) is 4.98. The molecule has 3 aromatic heterocycles. The van der Waals surface area contributed by atoms with Crippen LogP contribution >= 0.6 is 0 Å². The van der Waals surface area contributed by atoms with Gasteiger partial charge < -0.3 is 0 Å². The van der Waals surface area contributed by atoms with Gasteiger partial charge in [-0.3, -0.25) is 9.71 Å². The van der Waals surface area contributed by atoms with Crippen LogP contribution in [-0.4, -0.2) is 33.2 Å². The zero-order valence-electron chi connectivity index (χ0n) is 18.3. The van der Waals surface area contributed by atoms with Crippen LogP contribution < -0.4 is 4.72 Å². The molecule has 8 nitrogen and oxygen atoms in total. The van der Waals surface area contributed by atoms with Gasteiger partial charge in [-0.15, -0.1) is 10.2 Å². The van der Waals surface area contributed by atoms with Crippen molar-refractivity contribution in [3.8, 4) is 22.6 Å². The summed E-state index contributed by atoms with van der Waals surface area (Å²) < 4.78 is 30.2. The number of sulfonamides is 1. The van der Waals surface area contributed by atoms with Crippen molar-refractivity contribution < 1.29 is 8.42 Å². The molecule has 0 saturated carbocycles. The standard InChI is InChI=1S/C26H18N6O2S/c33-35(34,23-10-7-18-3-1-2-4-21(18)17-23)31-22-8-5-19(6-9-22)24-11-12-25-28-29-26(32(25)30-24)20-13-15-27-16-14-20/h1-17,31H. The summed E-state index contributed by atoms with van der Waals surface area (Å²) in [5.74, 6) is 0.615. The summed E-state index contributed by atoms with van der Waals surface area (Å²) >= 11 is 0. The van der Waals surface area contributed by atoms with Crippen LogP contribution in [-0.2, 0) is 10.0 Å². The van der Waals surface area contributed by atoms with Crippen molar-refractivity contribution in [1.29, 1.82) is 0 Å². The van der Waals surface area contributed by atoms with Gasteiger partial charge >= 0.3 is 0 Å². The number of anilines is 1. The number of hydrogen-bond donors (Lipinski definition) is 1. The molecule has 170 valence electrons. The molecule has 35 heavy (non-hydrogen) atoms. The van der Waals surface area contributed by atoms with Crippen molar-refractivity contribution in [2.45, 2.75) is 4.90 Å². The van der Waals surface area contributed by atoms with Crippen LogP contribution in [0, 0.1) is 0 Å². The molecular formula is C26H18N6O2S. The number of fused-ring (bicyclic) bond motifs is 2. The zero-order valence-corrected chi connectivity index (χ0v) is 19.1. The van der Waals surface area contributed by atoms with Crippen LogP contribution in [0.2, 0.25) is 0 Å². The van der Waals surface area contributed by atoms with E-state index in [0.717, 1.165) is 21.9 Å². The summed E-state index contributed by atoms with van der Waals surface area (Å²) in [6.45, 7) is 0. The number of rotatable bonds is 5. The molecule has 0 aliphatic rings. The van der Waals surface area contributed by atoms with E-state index in [1.54, 1.807) is 47.2 Å². The maximum absolute atomic E-state index is 12.9. The zero-order chi connectivity index (χ0) is 23.8. The molecule has 6 rings (SSSR count). The third kappa shape index (κ3) is 3.98. The van der Waals surface area contributed by atoms with Crippen molar-refractivity contribution in [3.63, 3.8) is 0 Å². The molecule has 0 aliphatic heterocycles. The fourth-order valence-electron chi connectivity index (χ4n) is 3.88. The predicted molar refractivity (Wildman–Crippen MR) is 134 cm³/mol. The lowest BCUT2D eigenvalue weighted by Gasteiger charge is -2.10. The van der Waals surface area contributed by atoms with Crippen LogP contribution in [0.1, 0.15) is 0 Å². The summed E-state index contributed by atoms with van der Waals surface area (Å²) in [4.78, 5) is 4.25. The summed E-state index contributed by atoms with van der Waals surface area (Å²) in [5.41, 5.74) is 3.48. The van der Waals surface area contributed by atoms with Gasteiger partial charge in [-0.2, -0.15) is 9.61 Å². The van der Waals surface area contributed by atoms with E-state index in [9.17, 15) is 8.42 Å². The van der Waals surface area contributed by atoms with E-state index in [4.69, 9.17) is 5.10 Å². The van der Waals surface area contributed by atoms with E-state index < -0.39 is 10.0 Å². The summed E-state index contributed by atoms with van der Waals surface area (Å²) in [6, 6.07) is 27.2. The maximum Gasteiger partial charge on any atom is 0.261 e. The van der Waals surface area contributed by atoms with Gasteiger partial charge in [-0.25, -0.2) is 8.42 Å². The van der Waals surface area contributed by atoms with Crippen LogP contribution in [0.5, 0.6) is 0 Å². The number of pyridine rings is 1. The Kier molecular flexibility index (Phi) is 4.97. The molecule has 0 spiro atoms. The highest BCUT2D eigenvalue weighted by atomic mass is 32.2. The Hall–Kier alpha value is -4.63. The summed E-state index contributed by atoms with van der Waals surface area (Å²) in [7, 11) is -3.73. The molecule has 3 aromatic carbocycles. The lowest BCUT2D eigenvalue weighted by molar-refractivity contribution is 0.601.